The number of hydrazine groups is 1. The fraction of sp³-hybridized carbons (Fsp3) is 0.636. The fourth-order valence-corrected chi connectivity index (χ4v) is 1.34. The summed E-state index contributed by atoms with van der Waals surface area (Å²) < 4.78 is 0. The third-order valence-corrected chi connectivity index (χ3v) is 2.64. The predicted molar refractivity (Wildman–Crippen MR) is 70.8 cm³/mol. The molecule has 1 heterocycles. The molecule has 0 fully saturated rings. The summed E-state index contributed by atoms with van der Waals surface area (Å²) in [5.74, 6) is 6.52. The second-order valence-corrected chi connectivity index (χ2v) is 4.36. The first-order valence-electron chi connectivity index (χ1n) is 5.79. The molecule has 1 aromatic rings. The van der Waals surface area contributed by atoms with Gasteiger partial charge in [-0.2, -0.15) is 4.98 Å². The van der Waals surface area contributed by atoms with E-state index in [-0.39, 0.29) is 0 Å². The van der Waals surface area contributed by atoms with Crippen molar-refractivity contribution in [1.29, 1.82) is 0 Å². The quantitative estimate of drug-likeness (QED) is 0.503. The third-order valence-electron chi connectivity index (χ3n) is 2.64. The molecule has 0 unspecified atom stereocenters. The van der Waals surface area contributed by atoms with E-state index in [2.05, 4.69) is 46.5 Å². The van der Waals surface area contributed by atoms with Crippen LogP contribution in [0.1, 0.15) is 19.5 Å². The Hall–Kier alpha value is -1.40. The van der Waals surface area contributed by atoms with Crippen molar-refractivity contribution in [2.45, 2.75) is 26.8 Å². The molecule has 0 aromatic carbocycles. The fourth-order valence-electron chi connectivity index (χ4n) is 1.34. The monoisotopic (exact) mass is 238 g/mol. The van der Waals surface area contributed by atoms with Gasteiger partial charge in [0.1, 0.15) is 5.82 Å². The van der Waals surface area contributed by atoms with Crippen molar-refractivity contribution >= 4 is 11.8 Å². The summed E-state index contributed by atoms with van der Waals surface area (Å²) in [6, 6.07) is 2.45. The van der Waals surface area contributed by atoms with E-state index in [0.29, 0.717) is 12.0 Å². The van der Waals surface area contributed by atoms with Gasteiger partial charge in [-0.3, -0.25) is 5.43 Å². The molecule has 0 bridgehead atoms. The summed E-state index contributed by atoms with van der Waals surface area (Å²) in [6.45, 7) is 8.06. The van der Waals surface area contributed by atoms with Crippen LogP contribution in [0.5, 0.6) is 0 Å². The number of nitrogen functional groups attached to an aromatic ring is 1. The lowest BCUT2D eigenvalue weighted by molar-refractivity contribution is 0.284. The van der Waals surface area contributed by atoms with E-state index >= 15 is 0 Å². The number of nitrogens with one attached hydrogen (secondary N) is 2. The zero-order valence-corrected chi connectivity index (χ0v) is 11.0. The third kappa shape index (κ3) is 4.54. The molecule has 17 heavy (non-hydrogen) atoms. The molecule has 1 aromatic heterocycles. The van der Waals surface area contributed by atoms with Gasteiger partial charge < -0.3 is 10.2 Å². The predicted octanol–water partition coefficient (Wildman–Crippen LogP) is 0.823. The molecule has 1 rings (SSSR count). The number of nitrogens with zero attached hydrogens (tertiary/aromatic N) is 3. The van der Waals surface area contributed by atoms with Gasteiger partial charge >= 0.3 is 0 Å². The van der Waals surface area contributed by atoms with Gasteiger partial charge in [-0.1, -0.05) is 0 Å². The van der Waals surface area contributed by atoms with Crippen LogP contribution in [0.3, 0.4) is 0 Å². The summed E-state index contributed by atoms with van der Waals surface area (Å²) in [7, 11) is 2.10. The summed E-state index contributed by atoms with van der Waals surface area (Å²) >= 11 is 0. The Morgan fingerprint density at radius 2 is 2.12 bits per heavy atom. The Morgan fingerprint density at radius 3 is 2.71 bits per heavy atom. The van der Waals surface area contributed by atoms with Crippen LogP contribution in [0, 0.1) is 6.92 Å². The van der Waals surface area contributed by atoms with Crippen molar-refractivity contribution in [2.75, 3.05) is 30.9 Å². The second kappa shape index (κ2) is 6.36. The van der Waals surface area contributed by atoms with Gasteiger partial charge in [0.15, 0.2) is 0 Å². The molecule has 96 valence electrons. The van der Waals surface area contributed by atoms with E-state index in [4.69, 9.17) is 5.84 Å². The highest BCUT2D eigenvalue weighted by molar-refractivity contribution is 5.41. The molecule has 6 heteroatoms. The number of hydrogen-bond acceptors (Lipinski definition) is 6. The standard InChI is InChI=1S/C11H22N6/c1-8(2)17(4)6-5-13-10-7-9(3)14-11(15-10)16-12/h7-8H,5-6,12H2,1-4H3,(H2,13,14,15,16). The Bertz CT molecular complexity index is 352. The molecule has 0 radical (unpaired) electrons. The maximum absolute atomic E-state index is 5.29. The van der Waals surface area contributed by atoms with Crippen LogP contribution in [0.4, 0.5) is 11.8 Å². The minimum absolute atomic E-state index is 0.435. The Morgan fingerprint density at radius 1 is 1.41 bits per heavy atom. The number of anilines is 2. The average Bonchev–Trinajstić information content (AvgIpc) is 2.27. The van der Waals surface area contributed by atoms with Gasteiger partial charge in [0.05, 0.1) is 0 Å². The first kappa shape index (κ1) is 13.7. The highest BCUT2D eigenvalue weighted by Crippen LogP contribution is 2.08. The van der Waals surface area contributed by atoms with Crippen LogP contribution >= 0.6 is 0 Å². The van der Waals surface area contributed by atoms with Crippen LogP contribution in [0.15, 0.2) is 6.07 Å². The summed E-state index contributed by atoms with van der Waals surface area (Å²) in [4.78, 5) is 10.6. The molecule has 0 saturated heterocycles. The van der Waals surface area contributed by atoms with Gasteiger partial charge in [0.2, 0.25) is 5.95 Å². The minimum atomic E-state index is 0.435. The molecule has 4 N–H and O–H groups in total. The van der Waals surface area contributed by atoms with E-state index in [1.54, 1.807) is 0 Å². The van der Waals surface area contributed by atoms with Crippen molar-refractivity contribution in [3.63, 3.8) is 0 Å². The van der Waals surface area contributed by atoms with E-state index in [9.17, 15) is 0 Å². The number of aromatic nitrogens is 2. The topological polar surface area (TPSA) is 79.1 Å². The minimum Gasteiger partial charge on any atom is -0.369 e. The smallest absolute Gasteiger partial charge is 0.239 e. The van der Waals surface area contributed by atoms with Crippen LogP contribution in [-0.2, 0) is 0 Å². The lowest BCUT2D eigenvalue weighted by Gasteiger charge is -2.21. The van der Waals surface area contributed by atoms with Crippen molar-refractivity contribution < 1.29 is 0 Å². The van der Waals surface area contributed by atoms with Gasteiger partial charge in [-0.05, 0) is 27.8 Å². The molecule has 0 saturated carbocycles. The van der Waals surface area contributed by atoms with Crippen LogP contribution in [0.2, 0.25) is 0 Å². The average molecular weight is 238 g/mol. The lowest BCUT2D eigenvalue weighted by atomic mass is 10.3. The molecule has 6 nitrogen and oxygen atoms in total. The second-order valence-electron chi connectivity index (χ2n) is 4.36. The molecule has 0 spiro atoms. The number of hydrogen-bond donors (Lipinski definition) is 3. The molecule has 0 aliphatic carbocycles. The number of nitrogens with two attached hydrogens (primary N) is 1. The van der Waals surface area contributed by atoms with Crippen molar-refractivity contribution in [3.8, 4) is 0 Å². The molecule has 0 amide bonds. The van der Waals surface area contributed by atoms with Crippen LogP contribution in [-0.4, -0.2) is 41.0 Å². The van der Waals surface area contributed by atoms with Crippen molar-refractivity contribution in [3.05, 3.63) is 11.8 Å². The van der Waals surface area contributed by atoms with E-state index < -0.39 is 0 Å². The highest BCUT2D eigenvalue weighted by Gasteiger charge is 2.03. The maximum atomic E-state index is 5.29. The molecule has 0 aliphatic heterocycles. The lowest BCUT2D eigenvalue weighted by Crippen LogP contribution is -2.31. The Balaban J connectivity index is 2.49. The highest BCUT2D eigenvalue weighted by atomic mass is 15.3. The number of likely N-dealkylation sites (N-methyl/N-ethyl adjacent to an activating group) is 1. The van der Waals surface area contributed by atoms with E-state index in [1.165, 1.54) is 0 Å². The van der Waals surface area contributed by atoms with Gasteiger partial charge in [-0.15, -0.1) is 0 Å². The van der Waals surface area contributed by atoms with Crippen molar-refractivity contribution in [1.82, 2.24) is 14.9 Å². The maximum Gasteiger partial charge on any atom is 0.239 e. The van der Waals surface area contributed by atoms with Gasteiger partial charge in [0, 0.05) is 30.9 Å². The molecular formula is C11H22N6. The van der Waals surface area contributed by atoms with E-state index in [0.717, 1.165) is 24.6 Å². The largest absolute Gasteiger partial charge is 0.369 e. The first-order chi connectivity index (χ1) is 8.02. The zero-order valence-electron chi connectivity index (χ0n) is 11.0. The summed E-state index contributed by atoms with van der Waals surface area (Å²) in [5.41, 5.74) is 3.34. The van der Waals surface area contributed by atoms with Gasteiger partial charge in [-0.25, -0.2) is 10.8 Å². The van der Waals surface area contributed by atoms with Crippen LogP contribution in [0.25, 0.3) is 0 Å². The zero-order chi connectivity index (χ0) is 12.8. The van der Waals surface area contributed by atoms with Crippen molar-refractivity contribution in [2.24, 2.45) is 5.84 Å². The number of aryl methyl sites for hydroxylation is 1. The summed E-state index contributed by atoms with van der Waals surface area (Å²) in [6.07, 6.45) is 0. The SMILES string of the molecule is Cc1cc(NCCN(C)C(C)C)nc(NN)n1. The Kier molecular flexibility index (Phi) is 5.11. The summed E-state index contributed by atoms with van der Waals surface area (Å²) in [5, 5.41) is 3.26. The first-order valence-corrected chi connectivity index (χ1v) is 5.79. The van der Waals surface area contributed by atoms with Gasteiger partial charge in [0.25, 0.3) is 0 Å². The number of rotatable bonds is 6. The molecule has 0 aliphatic rings. The molecule has 0 atom stereocenters. The normalized spacial score (nSPS) is 11.0. The van der Waals surface area contributed by atoms with Crippen LogP contribution < -0.4 is 16.6 Å². The molecular weight excluding hydrogens is 216 g/mol. The van der Waals surface area contributed by atoms with E-state index in [1.807, 2.05) is 13.0 Å². The Labute approximate surface area is 103 Å².